The maximum absolute atomic E-state index is 11.5. The van der Waals surface area contributed by atoms with E-state index >= 15 is 0 Å². The summed E-state index contributed by atoms with van der Waals surface area (Å²) < 4.78 is 4.76. The Balaban J connectivity index is 4.65. The Morgan fingerprint density at radius 1 is 1.40 bits per heavy atom. The molecule has 0 amide bonds. The van der Waals surface area contributed by atoms with E-state index in [2.05, 4.69) is 5.92 Å². The van der Waals surface area contributed by atoms with Crippen molar-refractivity contribution in [1.29, 1.82) is 0 Å². The molecule has 0 aromatic rings. The van der Waals surface area contributed by atoms with E-state index in [1.165, 1.54) is 7.11 Å². The molecule has 0 aromatic carbocycles. The molecule has 0 aliphatic heterocycles. The average molecular weight is 208 g/mol. The molecule has 0 bridgehead atoms. The lowest BCUT2D eigenvalue weighted by atomic mass is 9.75. The molecule has 0 spiro atoms. The number of allylic oxidation sites excluding steroid dienone is 2. The zero-order valence-electron chi connectivity index (χ0n) is 10.3. The van der Waals surface area contributed by atoms with Crippen LogP contribution in [-0.4, -0.2) is 13.1 Å². The minimum Gasteiger partial charge on any atom is -0.469 e. The topological polar surface area (TPSA) is 26.3 Å². The number of hydrogen-bond donors (Lipinski definition) is 0. The van der Waals surface area contributed by atoms with E-state index in [0.29, 0.717) is 6.42 Å². The lowest BCUT2D eigenvalue weighted by molar-refractivity contribution is -0.152. The second-order valence-electron chi connectivity index (χ2n) is 5.04. The number of carbonyl (C=O) groups is 1. The van der Waals surface area contributed by atoms with Gasteiger partial charge in [0.2, 0.25) is 0 Å². The van der Waals surface area contributed by atoms with Crippen LogP contribution >= 0.6 is 0 Å². The molecule has 0 aliphatic rings. The standard InChI is InChI=1S/C13H20O2/c1-7-8-9-12(2,3)10-13(4,5)11(14)15-6/h1,8-9H,10H2,2-6H3/b9-8-. The molecule has 0 atom stereocenters. The van der Waals surface area contributed by atoms with E-state index in [0.717, 1.165) is 0 Å². The first kappa shape index (κ1) is 13.8. The number of methoxy groups -OCH3 is 1. The zero-order chi connectivity index (χ0) is 12.1. The van der Waals surface area contributed by atoms with Crippen molar-refractivity contribution in [3.05, 3.63) is 12.2 Å². The first-order valence-electron chi connectivity index (χ1n) is 4.97. The van der Waals surface area contributed by atoms with Crippen molar-refractivity contribution in [1.82, 2.24) is 0 Å². The van der Waals surface area contributed by atoms with Gasteiger partial charge in [0.25, 0.3) is 0 Å². The Hall–Kier alpha value is -1.23. The SMILES string of the molecule is C#C/C=C\C(C)(C)CC(C)(C)C(=O)OC. The summed E-state index contributed by atoms with van der Waals surface area (Å²) in [5.41, 5.74) is -0.596. The maximum atomic E-state index is 11.5. The van der Waals surface area contributed by atoms with Crippen molar-refractivity contribution in [2.45, 2.75) is 34.1 Å². The molecule has 0 radical (unpaired) electrons. The van der Waals surface area contributed by atoms with Gasteiger partial charge >= 0.3 is 5.97 Å². The number of ether oxygens (including phenoxy) is 1. The third-order valence-electron chi connectivity index (χ3n) is 2.27. The molecule has 0 aromatic heterocycles. The maximum Gasteiger partial charge on any atom is 0.311 e. The summed E-state index contributed by atoms with van der Waals surface area (Å²) in [7, 11) is 1.41. The highest BCUT2D eigenvalue weighted by atomic mass is 16.5. The lowest BCUT2D eigenvalue weighted by Gasteiger charge is -2.30. The molecular weight excluding hydrogens is 188 g/mol. The fraction of sp³-hybridized carbons (Fsp3) is 0.615. The van der Waals surface area contributed by atoms with E-state index in [4.69, 9.17) is 11.2 Å². The Kier molecular flexibility index (Phi) is 4.61. The van der Waals surface area contributed by atoms with Gasteiger partial charge in [-0.15, -0.1) is 6.42 Å². The zero-order valence-corrected chi connectivity index (χ0v) is 10.3. The van der Waals surface area contributed by atoms with Crippen LogP contribution in [0.5, 0.6) is 0 Å². The van der Waals surface area contributed by atoms with Crippen LogP contribution in [0, 0.1) is 23.2 Å². The molecular formula is C13H20O2. The molecule has 0 saturated heterocycles. The van der Waals surface area contributed by atoms with Crippen molar-refractivity contribution in [3.8, 4) is 12.3 Å². The normalized spacial score (nSPS) is 12.5. The highest BCUT2D eigenvalue weighted by Crippen LogP contribution is 2.35. The Bertz CT molecular complexity index is 290. The van der Waals surface area contributed by atoms with Crippen molar-refractivity contribution in [3.63, 3.8) is 0 Å². The summed E-state index contributed by atoms with van der Waals surface area (Å²) in [5.74, 6) is 2.27. The third kappa shape index (κ3) is 4.69. The van der Waals surface area contributed by atoms with Crippen LogP contribution in [0.4, 0.5) is 0 Å². The summed E-state index contributed by atoms with van der Waals surface area (Å²) in [6, 6.07) is 0. The van der Waals surface area contributed by atoms with E-state index in [-0.39, 0.29) is 11.4 Å². The summed E-state index contributed by atoms with van der Waals surface area (Å²) >= 11 is 0. The summed E-state index contributed by atoms with van der Waals surface area (Å²) in [6.07, 6.45) is 9.47. The molecule has 0 rings (SSSR count). The van der Waals surface area contributed by atoms with E-state index < -0.39 is 5.41 Å². The molecule has 0 unspecified atom stereocenters. The average Bonchev–Trinajstić information content (AvgIpc) is 2.11. The van der Waals surface area contributed by atoms with E-state index in [9.17, 15) is 4.79 Å². The number of carbonyl (C=O) groups excluding carboxylic acids is 1. The van der Waals surface area contributed by atoms with E-state index in [1.54, 1.807) is 6.08 Å². The minimum absolute atomic E-state index is 0.107. The highest BCUT2D eigenvalue weighted by Gasteiger charge is 2.34. The lowest BCUT2D eigenvalue weighted by Crippen LogP contribution is -2.30. The smallest absolute Gasteiger partial charge is 0.311 e. The van der Waals surface area contributed by atoms with Gasteiger partial charge in [-0.25, -0.2) is 0 Å². The van der Waals surface area contributed by atoms with Crippen LogP contribution in [0.25, 0.3) is 0 Å². The largest absolute Gasteiger partial charge is 0.469 e. The molecule has 0 fully saturated rings. The van der Waals surface area contributed by atoms with Gasteiger partial charge in [-0.1, -0.05) is 25.8 Å². The molecule has 15 heavy (non-hydrogen) atoms. The van der Waals surface area contributed by atoms with Gasteiger partial charge in [0.05, 0.1) is 12.5 Å². The molecule has 2 nitrogen and oxygen atoms in total. The highest BCUT2D eigenvalue weighted by molar-refractivity contribution is 5.75. The predicted molar refractivity (Wildman–Crippen MR) is 62.2 cm³/mol. The first-order valence-corrected chi connectivity index (χ1v) is 4.97. The van der Waals surface area contributed by atoms with Gasteiger partial charge in [-0.3, -0.25) is 4.79 Å². The molecule has 0 aliphatic carbocycles. The summed E-state index contributed by atoms with van der Waals surface area (Å²) in [4.78, 5) is 11.5. The van der Waals surface area contributed by atoms with Crippen LogP contribution in [-0.2, 0) is 9.53 Å². The van der Waals surface area contributed by atoms with E-state index in [1.807, 2.05) is 33.8 Å². The Morgan fingerprint density at radius 3 is 2.33 bits per heavy atom. The van der Waals surface area contributed by atoms with Crippen LogP contribution in [0.3, 0.4) is 0 Å². The van der Waals surface area contributed by atoms with Crippen molar-refractivity contribution in [2.75, 3.05) is 7.11 Å². The van der Waals surface area contributed by atoms with Gasteiger partial charge < -0.3 is 4.74 Å². The summed E-state index contributed by atoms with van der Waals surface area (Å²) in [6.45, 7) is 7.85. The van der Waals surface area contributed by atoms with Crippen LogP contribution < -0.4 is 0 Å². The van der Waals surface area contributed by atoms with Gasteiger partial charge in [0.1, 0.15) is 0 Å². The van der Waals surface area contributed by atoms with Crippen molar-refractivity contribution >= 4 is 5.97 Å². The Morgan fingerprint density at radius 2 is 1.93 bits per heavy atom. The van der Waals surface area contributed by atoms with Gasteiger partial charge in [-0.2, -0.15) is 0 Å². The van der Waals surface area contributed by atoms with Crippen LogP contribution in [0.1, 0.15) is 34.1 Å². The molecule has 2 heteroatoms. The van der Waals surface area contributed by atoms with Crippen molar-refractivity contribution < 1.29 is 9.53 Å². The third-order valence-corrected chi connectivity index (χ3v) is 2.27. The second-order valence-corrected chi connectivity index (χ2v) is 5.04. The first-order chi connectivity index (χ1) is 6.75. The molecule has 0 saturated carbocycles. The predicted octanol–water partition coefficient (Wildman–Crippen LogP) is 2.79. The summed E-state index contributed by atoms with van der Waals surface area (Å²) in [5, 5.41) is 0. The van der Waals surface area contributed by atoms with Crippen LogP contribution in [0.2, 0.25) is 0 Å². The van der Waals surface area contributed by atoms with Gasteiger partial charge in [0.15, 0.2) is 0 Å². The number of hydrogen-bond acceptors (Lipinski definition) is 2. The Labute approximate surface area is 92.7 Å². The fourth-order valence-corrected chi connectivity index (χ4v) is 1.82. The quantitative estimate of drug-likeness (QED) is 0.524. The number of esters is 1. The minimum atomic E-state index is -0.489. The van der Waals surface area contributed by atoms with Crippen molar-refractivity contribution in [2.24, 2.45) is 10.8 Å². The second kappa shape index (κ2) is 5.02. The molecule has 0 heterocycles. The fourth-order valence-electron chi connectivity index (χ4n) is 1.82. The molecule has 84 valence electrons. The number of rotatable bonds is 4. The number of terminal acetylenes is 1. The van der Waals surface area contributed by atoms with Gasteiger partial charge in [0, 0.05) is 0 Å². The monoisotopic (exact) mass is 208 g/mol. The van der Waals surface area contributed by atoms with Gasteiger partial charge in [-0.05, 0) is 31.8 Å². The molecule has 0 N–H and O–H groups in total. The van der Waals surface area contributed by atoms with Crippen LogP contribution in [0.15, 0.2) is 12.2 Å².